The standard InChI is InChI=1S/C21H28N2O4S/c1-17(21(24)22-18-10-5-2-3-6-11-18)23(16-19-12-9-15-27-19)28(25,26)20-13-7-4-8-14-20/h4,7-9,12-15,17-18H,2-3,5-6,10-11,16H2,1H3,(H,22,24)/t17-/m1/s1. The average Bonchev–Trinajstić information content (AvgIpc) is 3.09. The zero-order chi connectivity index (χ0) is 20.0. The number of benzene rings is 1. The summed E-state index contributed by atoms with van der Waals surface area (Å²) in [5.41, 5.74) is 0. The molecule has 1 amide bonds. The molecule has 6 nitrogen and oxygen atoms in total. The number of amides is 1. The Morgan fingerprint density at radius 1 is 1.11 bits per heavy atom. The predicted molar refractivity (Wildman–Crippen MR) is 107 cm³/mol. The fourth-order valence-electron chi connectivity index (χ4n) is 3.59. The lowest BCUT2D eigenvalue weighted by Gasteiger charge is -2.28. The molecule has 1 saturated carbocycles. The fraction of sp³-hybridized carbons (Fsp3) is 0.476. The maximum Gasteiger partial charge on any atom is 0.244 e. The zero-order valence-corrected chi connectivity index (χ0v) is 17.0. The third-order valence-electron chi connectivity index (χ3n) is 5.25. The van der Waals surface area contributed by atoms with Crippen LogP contribution in [-0.2, 0) is 21.4 Å². The van der Waals surface area contributed by atoms with Crippen LogP contribution in [0.1, 0.15) is 51.2 Å². The molecule has 1 atom stereocenters. The van der Waals surface area contributed by atoms with Gasteiger partial charge in [0.25, 0.3) is 0 Å². The molecule has 1 aliphatic rings. The number of hydrogen-bond acceptors (Lipinski definition) is 4. The second-order valence-corrected chi connectivity index (χ2v) is 9.21. The number of furan rings is 1. The smallest absolute Gasteiger partial charge is 0.244 e. The first kappa shape index (κ1) is 20.6. The molecule has 1 aromatic heterocycles. The lowest BCUT2D eigenvalue weighted by molar-refractivity contribution is -0.125. The third kappa shape index (κ3) is 5.02. The number of carbonyl (C=O) groups is 1. The molecule has 1 N–H and O–H groups in total. The van der Waals surface area contributed by atoms with Crippen LogP contribution in [0, 0.1) is 0 Å². The molecule has 3 rings (SSSR count). The van der Waals surface area contributed by atoms with E-state index in [1.165, 1.54) is 23.4 Å². The Labute approximate surface area is 167 Å². The van der Waals surface area contributed by atoms with E-state index >= 15 is 0 Å². The first-order valence-electron chi connectivity index (χ1n) is 9.88. The fourth-order valence-corrected chi connectivity index (χ4v) is 5.17. The quantitative estimate of drug-likeness (QED) is 0.714. The molecule has 0 aliphatic heterocycles. The van der Waals surface area contributed by atoms with Crippen LogP contribution >= 0.6 is 0 Å². The first-order valence-corrected chi connectivity index (χ1v) is 11.3. The van der Waals surface area contributed by atoms with E-state index in [1.54, 1.807) is 49.4 Å². The van der Waals surface area contributed by atoms with Crippen molar-refractivity contribution in [3.63, 3.8) is 0 Å². The van der Waals surface area contributed by atoms with Gasteiger partial charge in [0.05, 0.1) is 17.7 Å². The van der Waals surface area contributed by atoms with Gasteiger partial charge in [-0.2, -0.15) is 4.31 Å². The van der Waals surface area contributed by atoms with Crippen molar-refractivity contribution in [1.29, 1.82) is 0 Å². The Kier molecular flexibility index (Phi) is 6.91. The SMILES string of the molecule is C[C@H](C(=O)NC1CCCCCC1)N(Cc1ccco1)S(=O)(=O)c1ccccc1. The van der Waals surface area contributed by atoms with Crippen LogP contribution < -0.4 is 5.32 Å². The lowest BCUT2D eigenvalue weighted by atomic mass is 10.1. The predicted octanol–water partition coefficient (Wildman–Crippen LogP) is 3.70. The number of rotatable bonds is 7. The second-order valence-electron chi connectivity index (χ2n) is 7.32. The van der Waals surface area contributed by atoms with Crippen LogP contribution in [0.3, 0.4) is 0 Å². The topological polar surface area (TPSA) is 79.6 Å². The minimum absolute atomic E-state index is 0.00345. The molecule has 0 spiro atoms. The molecule has 28 heavy (non-hydrogen) atoms. The summed E-state index contributed by atoms with van der Waals surface area (Å²) in [6.07, 6.45) is 7.96. The van der Waals surface area contributed by atoms with E-state index in [2.05, 4.69) is 5.32 Å². The van der Waals surface area contributed by atoms with Gasteiger partial charge >= 0.3 is 0 Å². The number of sulfonamides is 1. The van der Waals surface area contributed by atoms with Gasteiger partial charge in [-0.05, 0) is 44.0 Å². The molecule has 1 aromatic carbocycles. The Morgan fingerprint density at radius 3 is 2.39 bits per heavy atom. The highest BCUT2D eigenvalue weighted by Gasteiger charge is 2.34. The van der Waals surface area contributed by atoms with E-state index in [4.69, 9.17) is 4.42 Å². The maximum absolute atomic E-state index is 13.3. The second kappa shape index (κ2) is 9.39. The largest absolute Gasteiger partial charge is 0.468 e. The summed E-state index contributed by atoms with van der Waals surface area (Å²) in [6, 6.07) is 10.9. The van der Waals surface area contributed by atoms with E-state index in [9.17, 15) is 13.2 Å². The number of hydrogen-bond donors (Lipinski definition) is 1. The van der Waals surface area contributed by atoms with E-state index in [0.29, 0.717) is 5.76 Å². The van der Waals surface area contributed by atoms with Gasteiger partial charge in [0.2, 0.25) is 15.9 Å². The molecular formula is C21H28N2O4S. The van der Waals surface area contributed by atoms with Gasteiger partial charge < -0.3 is 9.73 Å². The summed E-state index contributed by atoms with van der Waals surface area (Å²) in [4.78, 5) is 13.1. The summed E-state index contributed by atoms with van der Waals surface area (Å²) in [7, 11) is -3.86. The Morgan fingerprint density at radius 2 is 1.79 bits per heavy atom. The molecule has 1 heterocycles. The van der Waals surface area contributed by atoms with Gasteiger partial charge in [-0.25, -0.2) is 8.42 Å². The lowest BCUT2D eigenvalue weighted by Crippen LogP contribution is -2.49. The molecule has 7 heteroatoms. The van der Waals surface area contributed by atoms with Gasteiger partial charge in [-0.3, -0.25) is 4.79 Å². The third-order valence-corrected chi connectivity index (χ3v) is 7.19. The Bertz CT molecular complexity index is 842. The van der Waals surface area contributed by atoms with Gasteiger partial charge in [-0.15, -0.1) is 0 Å². The van der Waals surface area contributed by atoms with Gasteiger partial charge in [0.15, 0.2) is 0 Å². The van der Waals surface area contributed by atoms with E-state index in [1.807, 2.05) is 0 Å². The van der Waals surface area contributed by atoms with E-state index < -0.39 is 16.1 Å². The summed E-state index contributed by atoms with van der Waals surface area (Å²) < 4.78 is 33.1. The first-order chi connectivity index (χ1) is 13.5. The van der Waals surface area contributed by atoms with Crippen molar-refractivity contribution in [2.75, 3.05) is 0 Å². The summed E-state index contributed by atoms with van der Waals surface area (Å²) in [6.45, 7) is 1.64. The van der Waals surface area contributed by atoms with Crippen molar-refractivity contribution >= 4 is 15.9 Å². The molecule has 152 valence electrons. The van der Waals surface area contributed by atoms with E-state index in [0.717, 1.165) is 25.7 Å². The van der Waals surface area contributed by atoms with Crippen molar-refractivity contribution in [3.05, 3.63) is 54.5 Å². The minimum atomic E-state index is -3.86. The highest BCUT2D eigenvalue weighted by Crippen LogP contribution is 2.22. The molecule has 0 radical (unpaired) electrons. The van der Waals surface area contributed by atoms with Crippen LogP contribution in [0.5, 0.6) is 0 Å². The van der Waals surface area contributed by atoms with Gasteiger partial charge in [0, 0.05) is 6.04 Å². The molecule has 0 bridgehead atoms. The average molecular weight is 405 g/mol. The molecule has 0 saturated heterocycles. The highest BCUT2D eigenvalue weighted by molar-refractivity contribution is 7.89. The van der Waals surface area contributed by atoms with Crippen molar-refractivity contribution < 1.29 is 17.6 Å². The van der Waals surface area contributed by atoms with Crippen molar-refractivity contribution in [1.82, 2.24) is 9.62 Å². The van der Waals surface area contributed by atoms with Crippen LogP contribution in [0.2, 0.25) is 0 Å². The van der Waals surface area contributed by atoms with Crippen LogP contribution in [0.15, 0.2) is 58.0 Å². The van der Waals surface area contributed by atoms with Crippen molar-refractivity contribution in [2.24, 2.45) is 0 Å². The zero-order valence-electron chi connectivity index (χ0n) is 16.2. The van der Waals surface area contributed by atoms with Gasteiger partial charge in [-0.1, -0.05) is 43.9 Å². The summed E-state index contributed by atoms with van der Waals surface area (Å²) in [5.74, 6) is 0.228. The van der Waals surface area contributed by atoms with Gasteiger partial charge in [0.1, 0.15) is 11.8 Å². The van der Waals surface area contributed by atoms with Crippen molar-refractivity contribution in [3.8, 4) is 0 Å². The monoisotopic (exact) mass is 404 g/mol. The normalized spacial score (nSPS) is 17.2. The van der Waals surface area contributed by atoms with Crippen molar-refractivity contribution in [2.45, 2.75) is 69.0 Å². The molecule has 2 aromatic rings. The van der Waals surface area contributed by atoms with E-state index in [-0.39, 0.29) is 23.4 Å². The highest BCUT2D eigenvalue weighted by atomic mass is 32.2. The molecule has 0 unspecified atom stereocenters. The molecular weight excluding hydrogens is 376 g/mol. The number of nitrogens with one attached hydrogen (secondary N) is 1. The molecule has 1 fully saturated rings. The minimum Gasteiger partial charge on any atom is -0.468 e. The maximum atomic E-state index is 13.3. The Hall–Kier alpha value is -2.12. The Balaban J connectivity index is 1.82. The van der Waals surface area contributed by atoms with Crippen LogP contribution in [0.25, 0.3) is 0 Å². The number of carbonyl (C=O) groups excluding carboxylic acids is 1. The molecule has 1 aliphatic carbocycles. The summed E-state index contributed by atoms with van der Waals surface area (Å²) in [5, 5.41) is 3.07. The summed E-state index contributed by atoms with van der Waals surface area (Å²) >= 11 is 0. The number of nitrogens with zero attached hydrogens (tertiary/aromatic N) is 1. The van der Waals surface area contributed by atoms with Crippen LogP contribution in [-0.4, -0.2) is 30.7 Å². The van der Waals surface area contributed by atoms with Crippen LogP contribution in [0.4, 0.5) is 0 Å².